The Hall–Kier alpha value is -3.06. The topological polar surface area (TPSA) is 155 Å². The van der Waals surface area contributed by atoms with E-state index < -0.39 is 28.6 Å². The van der Waals surface area contributed by atoms with Crippen LogP contribution >= 0.6 is 0 Å². The zero-order valence-electron chi connectivity index (χ0n) is 16.4. The molecule has 1 aliphatic rings. The highest BCUT2D eigenvalue weighted by Gasteiger charge is 2.37. The molecule has 0 bridgehead atoms. The van der Waals surface area contributed by atoms with Crippen molar-refractivity contribution in [2.45, 2.75) is 31.1 Å². The molecule has 0 radical (unpaired) electrons. The van der Waals surface area contributed by atoms with Gasteiger partial charge < -0.3 is 19.8 Å². The van der Waals surface area contributed by atoms with Crippen LogP contribution in [-0.2, 0) is 14.5 Å². The molecule has 1 fully saturated rings. The van der Waals surface area contributed by atoms with Gasteiger partial charge in [0, 0.05) is 35.5 Å². The van der Waals surface area contributed by atoms with E-state index in [1.807, 2.05) is 30.5 Å². The molecule has 0 unspecified atom stereocenters. The molecule has 0 spiro atoms. The fraction of sp³-hybridized carbons (Fsp3) is 0.316. The van der Waals surface area contributed by atoms with E-state index in [-0.39, 0.29) is 18.7 Å². The van der Waals surface area contributed by atoms with E-state index in [2.05, 4.69) is 33.8 Å². The van der Waals surface area contributed by atoms with Gasteiger partial charge in [-0.1, -0.05) is 18.2 Å². The lowest BCUT2D eigenvalue weighted by molar-refractivity contribution is 0.137. The Bertz CT molecular complexity index is 1350. The van der Waals surface area contributed by atoms with Crippen molar-refractivity contribution in [3.05, 3.63) is 36.8 Å². The van der Waals surface area contributed by atoms with E-state index >= 15 is 0 Å². The largest absolute Gasteiger partial charge is 0.473 e. The second-order valence-electron chi connectivity index (χ2n) is 7.33. The summed E-state index contributed by atoms with van der Waals surface area (Å²) in [7, 11) is -2.86. The van der Waals surface area contributed by atoms with Crippen molar-refractivity contribution in [2.75, 3.05) is 7.11 Å². The number of aromatic amines is 2. The number of ether oxygens (including phenoxy) is 1. The minimum absolute atomic E-state index is 0.242. The highest BCUT2D eigenvalue weighted by atomic mass is 32.2. The maximum absolute atomic E-state index is 11.6. The molecule has 0 saturated heterocycles. The van der Waals surface area contributed by atoms with Crippen molar-refractivity contribution < 1.29 is 22.4 Å². The first-order chi connectivity index (χ1) is 14.9. The number of nitrogens with zero attached hydrogens (tertiary/aromatic N) is 3. The molecule has 162 valence electrons. The molecule has 11 nitrogen and oxygen atoms in total. The molecule has 4 N–H and O–H groups in total. The average Bonchev–Trinajstić information content (AvgIpc) is 3.45. The lowest BCUT2D eigenvalue weighted by atomic mass is 10.2. The summed E-state index contributed by atoms with van der Waals surface area (Å²) in [6, 6.07) is 7.18. The Morgan fingerprint density at radius 3 is 2.90 bits per heavy atom. The van der Waals surface area contributed by atoms with Crippen LogP contribution in [0, 0.1) is 0 Å². The van der Waals surface area contributed by atoms with Crippen LogP contribution in [0.25, 0.3) is 33.5 Å². The molecule has 1 aromatic carbocycles. The number of benzene rings is 1. The number of hydrogen-bond acceptors (Lipinski definition) is 8. The maximum Gasteiger partial charge on any atom is 0.335 e. The van der Waals surface area contributed by atoms with Crippen LogP contribution in [0.2, 0.25) is 0 Å². The third kappa shape index (κ3) is 3.74. The van der Waals surface area contributed by atoms with Gasteiger partial charge in [0.25, 0.3) is 0 Å². The zero-order chi connectivity index (χ0) is 21.6. The Kier molecular flexibility index (Phi) is 4.85. The van der Waals surface area contributed by atoms with Crippen LogP contribution in [0.3, 0.4) is 0 Å². The third-order valence-corrected chi connectivity index (χ3v) is 6.41. The number of nitrogens with one attached hydrogen (secondary N) is 3. The van der Waals surface area contributed by atoms with Gasteiger partial charge >= 0.3 is 10.3 Å². The molecular formula is C19H20N6O5S. The normalized spacial score (nSPS) is 21.8. The summed E-state index contributed by atoms with van der Waals surface area (Å²) in [6.07, 6.45) is 2.38. The van der Waals surface area contributed by atoms with Crippen LogP contribution in [-0.4, -0.2) is 63.8 Å². The summed E-state index contributed by atoms with van der Waals surface area (Å²) < 4.78 is 36.0. The lowest BCUT2D eigenvalue weighted by Gasteiger charge is -2.15. The Morgan fingerprint density at radius 2 is 2.06 bits per heavy atom. The third-order valence-electron chi connectivity index (χ3n) is 5.38. The van der Waals surface area contributed by atoms with Gasteiger partial charge in [0.05, 0.1) is 19.3 Å². The first-order valence-electron chi connectivity index (χ1n) is 9.63. The number of imidazole rings is 1. The smallest absolute Gasteiger partial charge is 0.335 e. The van der Waals surface area contributed by atoms with Gasteiger partial charge in [0.1, 0.15) is 23.8 Å². The van der Waals surface area contributed by atoms with Crippen molar-refractivity contribution in [3.63, 3.8) is 0 Å². The summed E-state index contributed by atoms with van der Waals surface area (Å²) in [6.45, 7) is 0. The molecule has 3 atom stereocenters. The maximum atomic E-state index is 11.6. The van der Waals surface area contributed by atoms with Gasteiger partial charge in [0.2, 0.25) is 5.88 Å². The van der Waals surface area contributed by atoms with E-state index in [1.165, 1.54) is 6.33 Å². The first-order valence-corrected chi connectivity index (χ1v) is 11.0. The summed E-state index contributed by atoms with van der Waals surface area (Å²) in [5.74, 6) is 0.908. The van der Waals surface area contributed by atoms with Gasteiger partial charge in [-0.15, -0.1) is 0 Å². The van der Waals surface area contributed by atoms with Gasteiger partial charge in [-0.3, -0.25) is 4.18 Å². The first kappa shape index (κ1) is 19.9. The van der Waals surface area contributed by atoms with E-state index in [4.69, 9.17) is 4.74 Å². The van der Waals surface area contributed by atoms with Crippen molar-refractivity contribution >= 4 is 32.4 Å². The van der Waals surface area contributed by atoms with Crippen LogP contribution in [0.5, 0.6) is 5.88 Å². The minimum atomic E-state index is -3.92. The highest BCUT2D eigenvalue weighted by molar-refractivity contribution is 7.84. The summed E-state index contributed by atoms with van der Waals surface area (Å²) in [5, 5.41) is 11.2. The molecular weight excluding hydrogens is 424 g/mol. The zero-order valence-corrected chi connectivity index (χ0v) is 17.3. The van der Waals surface area contributed by atoms with Crippen LogP contribution < -0.4 is 9.46 Å². The average molecular weight is 444 g/mol. The summed E-state index contributed by atoms with van der Waals surface area (Å²) >= 11 is 0. The molecule has 5 rings (SSSR count). The number of fused-ring (bicyclic) bond motifs is 2. The molecule has 3 heterocycles. The highest BCUT2D eigenvalue weighted by Crippen LogP contribution is 2.31. The predicted molar refractivity (Wildman–Crippen MR) is 111 cm³/mol. The number of hydrogen-bond donors (Lipinski definition) is 4. The van der Waals surface area contributed by atoms with Crippen molar-refractivity contribution in [1.29, 1.82) is 0 Å². The monoisotopic (exact) mass is 444 g/mol. The Labute approximate surface area is 177 Å². The Morgan fingerprint density at radius 1 is 1.23 bits per heavy atom. The second-order valence-corrected chi connectivity index (χ2v) is 8.81. The summed E-state index contributed by atoms with van der Waals surface area (Å²) in [5.41, 5.74) is 2.86. The quantitative estimate of drug-likeness (QED) is 0.346. The number of H-pyrrole nitrogens is 2. The van der Waals surface area contributed by atoms with Gasteiger partial charge in [0.15, 0.2) is 5.65 Å². The molecule has 0 amide bonds. The van der Waals surface area contributed by atoms with Crippen LogP contribution in [0.1, 0.15) is 12.8 Å². The van der Waals surface area contributed by atoms with Crippen LogP contribution in [0.15, 0.2) is 36.8 Å². The van der Waals surface area contributed by atoms with Crippen molar-refractivity contribution in [3.8, 4) is 17.3 Å². The van der Waals surface area contributed by atoms with E-state index in [0.29, 0.717) is 17.0 Å². The molecule has 31 heavy (non-hydrogen) atoms. The van der Waals surface area contributed by atoms with E-state index in [1.54, 1.807) is 0 Å². The molecule has 0 aliphatic heterocycles. The fourth-order valence-corrected chi connectivity index (χ4v) is 4.60. The SMILES string of the molecule is COS(=O)(=O)N[C@H]1C[C@@H](Oc2ncnc3nc(-c4c[nH]c5ccccc45)[nH]c23)C[C@@H]1O. The van der Waals surface area contributed by atoms with Crippen LogP contribution in [0.4, 0.5) is 0 Å². The molecule has 4 aromatic rings. The predicted octanol–water partition coefficient (Wildman–Crippen LogP) is 1.25. The number of aromatic nitrogens is 5. The number of rotatable bonds is 6. The van der Waals surface area contributed by atoms with Gasteiger partial charge in [-0.2, -0.15) is 18.1 Å². The number of para-hydroxylation sites is 1. The van der Waals surface area contributed by atoms with Crippen molar-refractivity contribution in [2.24, 2.45) is 0 Å². The minimum Gasteiger partial charge on any atom is -0.473 e. The lowest BCUT2D eigenvalue weighted by Crippen LogP contribution is -2.40. The fourth-order valence-electron chi connectivity index (χ4n) is 3.88. The molecule has 12 heteroatoms. The number of aliphatic hydroxyl groups excluding tert-OH is 1. The van der Waals surface area contributed by atoms with Crippen molar-refractivity contribution in [1.82, 2.24) is 29.6 Å². The second kappa shape index (κ2) is 7.57. The molecule has 3 aromatic heterocycles. The standard InChI is InChI=1S/C19H20N6O5S/c1-29-31(27,28)25-14-6-10(7-15(14)26)30-19-16-18(21-9-22-19)24-17(23-16)12-8-20-13-5-3-2-4-11(12)13/h2-5,8-10,14-15,20,25-26H,6-7H2,1H3,(H,21,22,23,24)/t10-,14+,15+/m1/s1. The molecule has 1 aliphatic carbocycles. The van der Waals surface area contributed by atoms with E-state index in [0.717, 1.165) is 23.6 Å². The number of aliphatic hydroxyl groups is 1. The van der Waals surface area contributed by atoms with E-state index in [9.17, 15) is 13.5 Å². The van der Waals surface area contributed by atoms with Gasteiger partial charge in [-0.25, -0.2) is 9.97 Å². The molecule has 1 saturated carbocycles. The Balaban J connectivity index is 1.41. The summed E-state index contributed by atoms with van der Waals surface area (Å²) in [4.78, 5) is 19.4. The van der Waals surface area contributed by atoms with Gasteiger partial charge in [-0.05, 0) is 6.07 Å².